The van der Waals surface area contributed by atoms with Crippen molar-refractivity contribution in [3.63, 3.8) is 0 Å². The Labute approximate surface area is 155 Å². The molecule has 0 saturated heterocycles. The smallest absolute Gasteiger partial charge is 0.403 e. The molecule has 5 nitrogen and oxygen atoms in total. The fourth-order valence-corrected chi connectivity index (χ4v) is 4.26. The Morgan fingerprint density at radius 3 is 1.88 bits per heavy atom. The molecule has 0 fully saturated rings. The number of phosphoric ester groups is 1. The summed E-state index contributed by atoms with van der Waals surface area (Å²) >= 11 is -1.72. The molecule has 0 amide bonds. The predicted molar refractivity (Wildman–Crippen MR) is 103 cm³/mol. The molecule has 0 heterocycles. The number of halogens is 1. The first-order chi connectivity index (χ1) is 12.0. The standard InChI is InChI=1S/C18H14IO5P/c20-19-18-16(14-9-5-2-6-10-14)11-15(13-7-3-1-4-8-13)12-17(18)24-25(21,22)23/h1-12H,(H2,21,22,23). The molecule has 7 heteroatoms. The third-order valence-electron chi connectivity index (χ3n) is 3.53. The van der Waals surface area contributed by atoms with E-state index in [2.05, 4.69) is 0 Å². The maximum absolute atomic E-state index is 11.9. The highest BCUT2D eigenvalue weighted by Gasteiger charge is 2.22. The van der Waals surface area contributed by atoms with Gasteiger partial charge in [0.15, 0.2) is 21.2 Å². The van der Waals surface area contributed by atoms with Gasteiger partial charge in [0.2, 0.25) is 0 Å². The molecule has 0 spiro atoms. The molecule has 0 radical (unpaired) electrons. The zero-order chi connectivity index (χ0) is 17.9. The Hall–Kier alpha value is -1.86. The molecule has 0 saturated carbocycles. The molecular weight excluding hydrogens is 454 g/mol. The molecule has 25 heavy (non-hydrogen) atoms. The Kier molecular flexibility index (Phi) is 5.44. The van der Waals surface area contributed by atoms with Crippen LogP contribution in [-0.2, 0) is 7.63 Å². The van der Waals surface area contributed by atoms with Crippen molar-refractivity contribution >= 4 is 29.0 Å². The van der Waals surface area contributed by atoms with Crippen LogP contribution in [0.25, 0.3) is 22.3 Å². The van der Waals surface area contributed by atoms with E-state index in [0.717, 1.165) is 16.7 Å². The van der Waals surface area contributed by atoms with Crippen LogP contribution in [0.3, 0.4) is 0 Å². The highest BCUT2D eigenvalue weighted by atomic mass is 127. The quantitative estimate of drug-likeness (QED) is 0.408. The molecule has 0 unspecified atom stereocenters. The minimum atomic E-state index is -4.77. The van der Waals surface area contributed by atoms with Gasteiger partial charge < -0.3 is 4.52 Å². The molecule has 3 aromatic carbocycles. The monoisotopic (exact) mass is 468 g/mol. The Morgan fingerprint density at radius 2 is 1.36 bits per heavy atom. The highest BCUT2D eigenvalue weighted by Crippen LogP contribution is 2.45. The summed E-state index contributed by atoms with van der Waals surface area (Å²) in [5.74, 6) is -0.0451. The first-order valence-corrected chi connectivity index (χ1v) is 10.8. The lowest BCUT2D eigenvalue weighted by Crippen LogP contribution is -1.96. The lowest BCUT2D eigenvalue weighted by atomic mass is 9.98. The summed E-state index contributed by atoms with van der Waals surface area (Å²) in [6.07, 6.45) is 0. The van der Waals surface area contributed by atoms with E-state index in [1.54, 1.807) is 0 Å². The second-order valence-electron chi connectivity index (χ2n) is 5.23. The summed E-state index contributed by atoms with van der Waals surface area (Å²) in [6.45, 7) is 0. The van der Waals surface area contributed by atoms with Crippen LogP contribution < -0.4 is 4.52 Å². The molecule has 3 aromatic rings. The summed E-state index contributed by atoms with van der Waals surface area (Å²) < 4.78 is 28.4. The van der Waals surface area contributed by atoms with Gasteiger partial charge in [0.05, 0.1) is 3.57 Å². The van der Waals surface area contributed by atoms with Gasteiger partial charge in [-0.25, -0.2) is 4.57 Å². The molecule has 128 valence electrons. The highest BCUT2D eigenvalue weighted by molar-refractivity contribution is 14.1. The number of hydrogen-bond acceptors (Lipinski definition) is 3. The average molecular weight is 468 g/mol. The van der Waals surface area contributed by atoms with E-state index < -0.39 is 29.0 Å². The molecule has 3 rings (SSSR count). The van der Waals surface area contributed by atoms with E-state index in [-0.39, 0.29) is 5.75 Å². The van der Waals surface area contributed by atoms with Crippen LogP contribution in [0.15, 0.2) is 72.8 Å². The van der Waals surface area contributed by atoms with E-state index in [1.165, 1.54) is 6.07 Å². The van der Waals surface area contributed by atoms with Crippen LogP contribution >= 0.6 is 29.0 Å². The SMILES string of the molecule is O=Ic1c(OP(=O)(O)O)cc(-c2ccccc2)cc1-c1ccccc1. The van der Waals surface area contributed by atoms with Crippen LogP contribution in [0.5, 0.6) is 5.75 Å². The molecule has 0 aliphatic heterocycles. The van der Waals surface area contributed by atoms with Crippen molar-refractivity contribution in [3.05, 3.63) is 76.4 Å². The maximum Gasteiger partial charge on any atom is 0.524 e. The fraction of sp³-hybridized carbons (Fsp3) is 0. The van der Waals surface area contributed by atoms with Crippen LogP contribution in [0.1, 0.15) is 0 Å². The number of benzene rings is 3. The van der Waals surface area contributed by atoms with Crippen LogP contribution in [0.4, 0.5) is 0 Å². The minimum absolute atomic E-state index is 0.0451. The lowest BCUT2D eigenvalue weighted by molar-refractivity contribution is 0.282. The van der Waals surface area contributed by atoms with Crippen molar-refractivity contribution in [1.82, 2.24) is 0 Å². The summed E-state index contributed by atoms with van der Waals surface area (Å²) in [7, 11) is -4.77. The summed E-state index contributed by atoms with van der Waals surface area (Å²) in [4.78, 5) is 18.4. The second-order valence-corrected chi connectivity index (χ2v) is 7.91. The van der Waals surface area contributed by atoms with E-state index in [1.807, 2.05) is 66.7 Å². The largest absolute Gasteiger partial charge is 0.524 e. The molecule has 0 atom stereocenters. The van der Waals surface area contributed by atoms with Gasteiger partial charge in [-0.3, -0.25) is 12.9 Å². The number of rotatable bonds is 5. The maximum atomic E-state index is 11.9. The summed E-state index contributed by atoms with van der Waals surface area (Å²) in [5, 5.41) is 0. The normalized spacial score (nSPS) is 11.3. The third kappa shape index (κ3) is 4.41. The first kappa shape index (κ1) is 17.9. The van der Waals surface area contributed by atoms with Gasteiger partial charge in [0.25, 0.3) is 0 Å². The van der Waals surface area contributed by atoms with Gasteiger partial charge >= 0.3 is 7.82 Å². The van der Waals surface area contributed by atoms with Gasteiger partial charge in [0, 0.05) is 5.56 Å². The number of hydrogen-bond donors (Lipinski definition) is 2. The van der Waals surface area contributed by atoms with E-state index >= 15 is 0 Å². The van der Waals surface area contributed by atoms with Crippen molar-refractivity contribution in [2.45, 2.75) is 0 Å². The van der Waals surface area contributed by atoms with Gasteiger partial charge in [-0.05, 0) is 28.8 Å². The number of phosphoric acid groups is 1. The Bertz CT molecular complexity index is 938. The van der Waals surface area contributed by atoms with Crippen LogP contribution in [0.2, 0.25) is 0 Å². The zero-order valence-electron chi connectivity index (χ0n) is 12.9. The first-order valence-electron chi connectivity index (χ1n) is 7.29. The van der Waals surface area contributed by atoms with Crippen LogP contribution in [0, 0.1) is 3.57 Å². The molecule has 2 N–H and O–H groups in total. The van der Waals surface area contributed by atoms with Crippen molar-refractivity contribution < 1.29 is 21.9 Å². The average Bonchev–Trinajstić information content (AvgIpc) is 2.61. The molecule has 0 aromatic heterocycles. The topological polar surface area (TPSA) is 83.8 Å². The molecule has 0 bridgehead atoms. The molecule has 0 aliphatic rings. The van der Waals surface area contributed by atoms with Gasteiger partial charge in [-0.1, -0.05) is 60.7 Å². The van der Waals surface area contributed by atoms with Crippen molar-refractivity contribution in [2.75, 3.05) is 0 Å². The third-order valence-corrected chi connectivity index (χ3v) is 5.51. The minimum Gasteiger partial charge on any atom is -0.403 e. The van der Waals surface area contributed by atoms with Crippen molar-refractivity contribution in [3.8, 4) is 28.0 Å². The second kappa shape index (κ2) is 7.58. The summed E-state index contributed by atoms with van der Waals surface area (Å²) in [5.41, 5.74) is 3.05. The van der Waals surface area contributed by atoms with Gasteiger partial charge in [-0.15, -0.1) is 0 Å². The van der Waals surface area contributed by atoms with E-state index in [4.69, 9.17) is 4.52 Å². The Morgan fingerprint density at radius 1 is 0.800 bits per heavy atom. The summed E-state index contributed by atoms with van der Waals surface area (Å²) in [6, 6.07) is 22.1. The Balaban J connectivity index is 2.27. The predicted octanol–water partition coefficient (Wildman–Crippen LogP) is 4.98. The van der Waals surface area contributed by atoms with E-state index in [9.17, 15) is 17.4 Å². The van der Waals surface area contributed by atoms with Crippen LogP contribution in [-0.4, -0.2) is 9.79 Å². The zero-order valence-corrected chi connectivity index (χ0v) is 15.9. The fourth-order valence-electron chi connectivity index (χ4n) is 2.50. The van der Waals surface area contributed by atoms with Crippen molar-refractivity contribution in [2.24, 2.45) is 0 Å². The van der Waals surface area contributed by atoms with Gasteiger partial charge in [0.1, 0.15) is 5.75 Å². The lowest BCUT2D eigenvalue weighted by Gasteiger charge is -2.15. The van der Waals surface area contributed by atoms with Gasteiger partial charge in [-0.2, -0.15) is 0 Å². The molecular formula is C18H14IO5P. The van der Waals surface area contributed by atoms with Crippen molar-refractivity contribution in [1.29, 1.82) is 0 Å². The molecule has 0 aliphatic carbocycles. The van der Waals surface area contributed by atoms with E-state index in [0.29, 0.717) is 9.13 Å².